The number of rotatable bonds is 6. The number of nitrogens with zero attached hydrogens (tertiary/aromatic N) is 2. The number of carbonyl (C=O) groups is 2. The molecule has 0 N–H and O–H groups in total. The van der Waals surface area contributed by atoms with Gasteiger partial charge in [0.25, 0.3) is 11.8 Å². The number of amides is 2. The number of benzene rings is 2. The van der Waals surface area contributed by atoms with E-state index in [-0.39, 0.29) is 17.5 Å². The summed E-state index contributed by atoms with van der Waals surface area (Å²) in [5.74, 6) is -0.163. The van der Waals surface area contributed by atoms with Crippen molar-refractivity contribution in [3.05, 3.63) is 82.4 Å². The lowest BCUT2D eigenvalue weighted by Crippen LogP contribution is -2.47. The van der Waals surface area contributed by atoms with Crippen LogP contribution in [0.5, 0.6) is 5.75 Å². The van der Waals surface area contributed by atoms with Crippen LogP contribution >= 0.6 is 0 Å². The van der Waals surface area contributed by atoms with Crippen LogP contribution in [0.4, 0.5) is 0 Å². The fraction of sp³-hybridized carbons (Fsp3) is 0.240. The molecule has 5 nitrogen and oxygen atoms in total. The molecule has 0 spiro atoms. The summed E-state index contributed by atoms with van der Waals surface area (Å²) in [5, 5.41) is 9.45. The molecule has 0 bridgehead atoms. The first-order valence-electron chi connectivity index (χ1n) is 9.94. The third-order valence-electron chi connectivity index (χ3n) is 5.24. The summed E-state index contributed by atoms with van der Waals surface area (Å²) >= 11 is 0. The van der Waals surface area contributed by atoms with E-state index >= 15 is 0 Å². The van der Waals surface area contributed by atoms with Gasteiger partial charge in [-0.05, 0) is 55.2 Å². The van der Waals surface area contributed by atoms with Gasteiger partial charge in [-0.25, -0.2) is 0 Å². The second-order valence-corrected chi connectivity index (χ2v) is 7.25. The monoisotopic (exact) mass is 400 g/mol. The molecule has 2 amide bonds. The van der Waals surface area contributed by atoms with E-state index in [4.69, 9.17) is 4.74 Å². The van der Waals surface area contributed by atoms with Crippen LogP contribution in [0.2, 0.25) is 0 Å². The molecular weight excluding hydrogens is 376 g/mol. The zero-order valence-electron chi connectivity index (χ0n) is 17.4. The minimum absolute atomic E-state index is 0.0176. The highest BCUT2D eigenvalue weighted by Crippen LogP contribution is 2.29. The highest BCUT2D eigenvalue weighted by atomic mass is 16.5. The number of ether oxygens (including phenoxy) is 1. The van der Waals surface area contributed by atoms with Crippen molar-refractivity contribution >= 4 is 17.9 Å². The van der Waals surface area contributed by atoms with Gasteiger partial charge in [0, 0.05) is 11.6 Å². The van der Waals surface area contributed by atoms with Gasteiger partial charge in [-0.1, -0.05) is 49.4 Å². The molecule has 1 aliphatic rings. The molecule has 1 unspecified atom stereocenters. The van der Waals surface area contributed by atoms with E-state index in [2.05, 4.69) is 0 Å². The Morgan fingerprint density at radius 1 is 1.07 bits per heavy atom. The zero-order valence-corrected chi connectivity index (χ0v) is 17.4. The summed E-state index contributed by atoms with van der Waals surface area (Å²) in [6, 6.07) is 19.0. The Hall–Kier alpha value is -3.65. The Kier molecular flexibility index (Phi) is 6.48. The minimum Gasteiger partial charge on any atom is -0.489 e. The van der Waals surface area contributed by atoms with E-state index in [1.54, 1.807) is 13.0 Å². The number of hydrogen-bond acceptors (Lipinski definition) is 4. The third-order valence-corrected chi connectivity index (χ3v) is 5.24. The first-order chi connectivity index (χ1) is 14.5. The standard InChI is InChI=1S/C25H24N2O3/c1-4-17(2)27-24(28)22(18(3)23(15-26)25(27)29)14-19-10-12-21(13-11-19)30-16-20-8-6-5-7-9-20/h5-14,17H,4,16H2,1-3H3/b22-14+. The van der Waals surface area contributed by atoms with E-state index in [0.29, 0.717) is 24.2 Å². The molecule has 2 aromatic rings. The molecule has 0 fully saturated rings. The molecular formula is C25H24N2O3. The zero-order chi connectivity index (χ0) is 21.7. The Bertz CT molecular complexity index is 1040. The van der Waals surface area contributed by atoms with Crippen LogP contribution in [0.1, 0.15) is 38.3 Å². The van der Waals surface area contributed by atoms with Gasteiger partial charge in [0.1, 0.15) is 24.0 Å². The Morgan fingerprint density at radius 2 is 1.73 bits per heavy atom. The maximum absolute atomic E-state index is 13.0. The molecule has 0 aliphatic carbocycles. The van der Waals surface area contributed by atoms with Crippen LogP contribution in [0, 0.1) is 11.3 Å². The predicted octanol–water partition coefficient (Wildman–Crippen LogP) is 4.66. The van der Waals surface area contributed by atoms with Crippen LogP contribution < -0.4 is 4.74 Å². The van der Waals surface area contributed by atoms with Gasteiger partial charge in [0.2, 0.25) is 0 Å². The van der Waals surface area contributed by atoms with E-state index in [1.807, 2.05) is 74.5 Å². The SMILES string of the molecule is CCC(C)N1C(=O)C(C#N)=C(C)/C(=C\c2ccc(OCc3ccccc3)cc2)C1=O. The molecule has 1 atom stereocenters. The van der Waals surface area contributed by atoms with Crippen LogP contribution in [0.15, 0.2) is 71.3 Å². The lowest BCUT2D eigenvalue weighted by atomic mass is 9.92. The number of imide groups is 1. The topological polar surface area (TPSA) is 70.4 Å². The number of nitriles is 1. The van der Waals surface area contributed by atoms with Gasteiger partial charge >= 0.3 is 0 Å². The summed E-state index contributed by atoms with van der Waals surface area (Å²) in [4.78, 5) is 26.8. The van der Waals surface area contributed by atoms with E-state index in [0.717, 1.165) is 16.9 Å². The second kappa shape index (κ2) is 9.23. The molecule has 0 radical (unpaired) electrons. The Morgan fingerprint density at radius 3 is 2.33 bits per heavy atom. The van der Waals surface area contributed by atoms with E-state index in [9.17, 15) is 14.9 Å². The van der Waals surface area contributed by atoms with Crippen molar-refractivity contribution in [3.63, 3.8) is 0 Å². The molecule has 0 saturated carbocycles. The highest BCUT2D eigenvalue weighted by Gasteiger charge is 2.37. The van der Waals surface area contributed by atoms with Crippen molar-refractivity contribution in [2.24, 2.45) is 0 Å². The van der Waals surface area contributed by atoms with E-state index < -0.39 is 5.91 Å². The van der Waals surface area contributed by atoms with Crippen molar-refractivity contribution in [2.75, 3.05) is 0 Å². The normalized spacial score (nSPS) is 16.6. The third kappa shape index (κ3) is 4.33. The Labute approximate surface area is 176 Å². The van der Waals surface area contributed by atoms with Crippen molar-refractivity contribution < 1.29 is 14.3 Å². The lowest BCUT2D eigenvalue weighted by molar-refractivity contribution is -0.142. The van der Waals surface area contributed by atoms with Crippen LogP contribution in [0.25, 0.3) is 6.08 Å². The molecule has 5 heteroatoms. The first-order valence-corrected chi connectivity index (χ1v) is 9.94. The van der Waals surface area contributed by atoms with Crippen LogP contribution in [0.3, 0.4) is 0 Å². The summed E-state index contributed by atoms with van der Waals surface area (Å²) in [7, 11) is 0. The van der Waals surface area contributed by atoms with Gasteiger partial charge < -0.3 is 4.74 Å². The minimum atomic E-state index is -0.517. The lowest BCUT2D eigenvalue weighted by Gasteiger charge is -2.31. The molecule has 0 aromatic heterocycles. The average molecular weight is 400 g/mol. The van der Waals surface area contributed by atoms with Crippen molar-refractivity contribution in [3.8, 4) is 11.8 Å². The van der Waals surface area contributed by atoms with Gasteiger partial charge in [0.15, 0.2) is 0 Å². The van der Waals surface area contributed by atoms with Gasteiger partial charge in [-0.15, -0.1) is 0 Å². The highest BCUT2D eigenvalue weighted by molar-refractivity contribution is 6.19. The smallest absolute Gasteiger partial charge is 0.271 e. The molecule has 2 aromatic carbocycles. The van der Waals surface area contributed by atoms with Crippen LogP contribution in [-0.4, -0.2) is 22.8 Å². The maximum atomic E-state index is 13.0. The van der Waals surface area contributed by atoms with Gasteiger partial charge in [-0.2, -0.15) is 5.26 Å². The average Bonchev–Trinajstić information content (AvgIpc) is 2.77. The summed E-state index contributed by atoms with van der Waals surface area (Å²) in [6.07, 6.45) is 2.34. The largest absolute Gasteiger partial charge is 0.489 e. The van der Waals surface area contributed by atoms with E-state index in [1.165, 1.54) is 4.90 Å². The molecule has 152 valence electrons. The van der Waals surface area contributed by atoms with Crippen molar-refractivity contribution in [1.82, 2.24) is 4.90 Å². The molecule has 0 saturated heterocycles. The Balaban J connectivity index is 1.85. The van der Waals surface area contributed by atoms with Crippen molar-refractivity contribution in [1.29, 1.82) is 5.26 Å². The quantitative estimate of drug-likeness (QED) is 0.522. The van der Waals surface area contributed by atoms with Crippen molar-refractivity contribution in [2.45, 2.75) is 39.8 Å². The maximum Gasteiger partial charge on any atom is 0.271 e. The van der Waals surface area contributed by atoms with Crippen LogP contribution in [-0.2, 0) is 16.2 Å². The predicted molar refractivity (Wildman–Crippen MR) is 115 cm³/mol. The fourth-order valence-corrected chi connectivity index (χ4v) is 3.25. The summed E-state index contributed by atoms with van der Waals surface area (Å²) in [5.41, 5.74) is 2.67. The first kappa shape index (κ1) is 21.1. The molecule has 30 heavy (non-hydrogen) atoms. The fourth-order valence-electron chi connectivity index (χ4n) is 3.25. The summed E-state index contributed by atoms with van der Waals surface area (Å²) < 4.78 is 5.80. The molecule has 1 heterocycles. The molecule has 1 aliphatic heterocycles. The number of carbonyl (C=O) groups excluding carboxylic acids is 2. The molecule has 3 rings (SSSR count). The van der Waals surface area contributed by atoms with Gasteiger partial charge in [-0.3, -0.25) is 14.5 Å². The second-order valence-electron chi connectivity index (χ2n) is 7.25. The number of hydrogen-bond donors (Lipinski definition) is 0. The summed E-state index contributed by atoms with van der Waals surface area (Å²) in [6.45, 7) is 5.83. The van der Waals surface area contributed by atoms with Gasteiger partial charge in [0.05, 0.1) is 0 Å².